The average Bonchev–Trinajstić information content (AvgIpc) is 3.06. The number of carboxylic acids is 1. The van der Waals surface area contributed by atoms with Crippen molar-refractivity contribution < 1.29 is 19.8 Å². The molecule has 0 aliphatic heterocycles. The van der Waals surface area contributed by atoms with E-state index in [0.29, 0.717) is 17.7 Å². The quantitative estimate of drug-likeness (QED) is 0.773. The minimum Gasteiger partial charge on any atom is -0.479 e. The fourth-order valence-electron chi connectivity index (χ4n) is 2.65. The first-order valence-corrected chi connectivity index (χ1v) is 7.79. The molecule has 0 spiro atoms. The predicted molar refractivity (Wildman–Crippen MR) is 79.3 cm³/mol. The van der Waals surface area contributed by atoms with E-state index in [2.05, 4.69) is 5.32 Å². The Morgan fingerprint density at radius 1 is 1.48 bits per heavy atom. The maximum Gasteiger partial charge on any atom is 0.331 e. The van der Waals surface area contributed by atoms with Gasteiger partial charge in [-0.15, -0.1) is 11.3 Å². The summed E-state index contributed by atoms with van der Waals surface area (Å²) in [5, 5.41) is 23.8. The van der Waals surface area contributed by atoms with Gasteiger partial charge in [-0.2, -0.15) is 0 Å². The lowest BCUT2D eigenvalue weighted by Crippen LogP contribution is -2.47. The summed E-state index contributed by atoms with van der Waals surface area (Å²) in [6, 6.07) is 1.87. The zero-order chi connectivity index (χ0) is 15.5. The van der Waals surface area contributed by atoms with Crippen molar-refractivity contribution in [1.29, 1.82) is 0 Å². The summed E-state index contributed by atoms with van der Waals surface area (Å²) >= 11 is 1.28. The van der Waals surface area contributed by atoms with Crippen LogP contribution in [0.1, 0.15) is 36.6 Å². The van der Waals surface area contributed by atoms with Crippen LogP contribution in [0.4, 0.5) is 4.79 Å². The predicted octanol–water partition coefficient (Wildman–Crippen LogP) is 1.82. The van der Waals surface area contributed by atoms with E-state index in [1.54, 1.807) is 24.6 Å². The summed E-state index contributed by atoms with van der Waals surface area (Å²) in [6.07, 6.45) is 3.27. The van der Waals surface area contributed by atoms with Gasteiger partial charge in [-0.1, -0.05) is 18.9 Å². The first-order chi connectivity index (χ1) is 9.91. The molecule has 0 bridgehead atoms. The number of hydrogen-bond acceptors (Lipinski definition) is 4. The summed E-state index contributed by atoms with van der Waals surface area (Å²) in [5.74, 6) is -1.10. The van der Waals surface area contributed by atoms with Crippen LogP contribution in [-0.4, -0.2) is 46.3 Å². The fourth-order valence-corrected chi connectivity index (χ4v) is 3.42. The highest BCUT2D eigenvalue weighted by Crippen LogP contribution is 2.30. The topological polar surface area (TPSA) is 89.9 Å². The van der Waals surface area contributed by atoms with E-state index < -0.39 is 23.6 Å². The van der Waals surface area contributed by atoms with Crippen LogP contribution in [-0.2, 0) is 4.79 Å². The molecule has 1 aliphatic carbocycles. The van der Waals surface area contributed by atoms with Crippen molar-refractivity contribution in [3.05, 3.63) is 22.4 Å². The largest absolute Gasteiger partial charge is 0.479 e. The van der Waals surface area contributed by atoms with Gasteiger partial charge in [0.25, 0.3) is 0 Å². The smallest absolute Gasteiger partial charge is 0.331 e. The van der Waals surface area contributed by atoms with Gasteiger partial charge in [-0.3, -0.25) is 0 Å². The van der Waals surface area contributed by atoms with E-state index in [1.807, 2.05) is 0 Å². The van der Waals surface area contributed by atoms with Gasteiger partial charge in [0.2, 0.25) is 0 Å². The molecule has 1 fully saturated rings. The molecule has 1 unspecified atom stereocenters. The number of carboxylic acid groups (broad SMARTS) is 1. The summed E-state index contributed by atoms with van der Waals surface area (Å²) in [4.78, 5) is 25.3. The summed E-state index contributed by atoms with van der Waals surface area (Å²) < 4.78 is 0. The van der Waals surface area contributed by atoms with Crippen LogP contribution in [0, 0.1) is 0 Å². The molecule has 116 valence electrons. The highest BCUT2D eigenvalue weighted by molar-refractivity contribution is 7.10. The fraction of sp³-hybridized carbons (Fsp3) is 0.571. The Hall–Kier alpha value is -1.60. The second-order valence-corrected chi connectivity index (χ2v) is 6.50. The van der Waals surface area contributed by atoms with Gasteiger partial charge in [0.15, 0.2) is 6.04 Å². The minimum absolute atomic E-state index is 0.218. The number of nitrogens with zero attached hydrogens (tertiary/aromatic N) is 1. The second-order valence-electron chi connectivity index (χ2n) is 5.52. The van der Waals surface area contributed by atoms with E-state index in [0.717, 1.165) is 12.8 Å². The standard InChI is InChI=1S/C14H20N2O4S/c1-16(9-14(20)6-2-3-7-14)13(19)15-11(12(17)18)10-5-4-8-21-10/h4-5,8,11,20H,2-3,6-7,9H2,1H3,(H,15,19)(H,17,18). The molecule has 3 N–H and O–H groups in total. The Morgan fingerprint density at radius 2 is 2.14 bits per heavy atom. The molecule has 21 heavy (non-hydrogen) atoms. The number of rotatable bonds is 5. The van der Waals surface area contributed by atoms with Crippen LogP contribution in [0.2, 0.25) is 0 Å². The van der Waals surface area contributed by atoms with Crippen molar-refractivity contribution in [3.63, 3.8) is 0 Å². The highest BCUT2D eigenvalue weighted by atomic mass is 32.1. The van der Waals surface area contributed by atoms with Gasteiger partial charge in [-0.25, -0.2) is 9.59 Å². The van der Waals surface area contributed by atoms with Crippen LogP contribution in [0.25, 0.3) is 0 Å². The molecule has 0 saturated heterocycles. The van der Waals surface area contributed by atoms with Crippen LogP contribution < -0.4 is 5.32 Å². The maximum absolute atomic E-state index is 12.1. The summed E-state index contributed by atoms with van der Waals surface area (Å²) in [5.41, 5.74) is -0.840. The van der Waals surface area contributed by atoms with Crippen molar-refractivity contribution in [2.24, 2.45) is 0 Å². The van der Waals surface area contributed by atoms with Crippen LogP contribution in [0.5, 0.6) is 0 Å². The Bertz CT molecular complexity index is 497. The Morgan fingerprint density at radius 3 is 2.67 bits per heavy atom. The Kier molecular flexibility index (Phi) is 4.84. The number of likely N-dealkylation sites (N-methyl/N-ethyl adjacent to an activating group) is 1. The third-order valence-electron chi connectivity index (χ3n) is 3.75. The van der Waals surface area contributed by atoms with Gasteiger partial charge in [-0.05, 0) is 24.3 Å². The number of carbonyl (C=O) groups excluding carboxylic acids is 1. The van der Waals surface area contributed by atoms with Gasteiger partial charge in [0.1, 0.15) is 0 Å². The molecule has 7 heteroatoms. The Labute approximate surface area is 127 Å². The molecule has 1 aromatic heterocycles. The highest BCUT2D eigenvalue weighted by Gasteiger charge is 2.34. The minimum atomic E-state index is -1.10. The molecular weight excluding hydrogens is 292 g/mol. The van der Waals surface area contributed by atoms with Crippen LogP contribution >= 0.6 is 11.3 Å². The average molecular weight is 312 g/mol. The first kappa shape index (κ1) is 15.8. The lowest BCUT2D eigenvalue weighted by atomic mass is 10.0. The lowest BCUT2D eigenvalue weighted by Gasteiger charge is -2.29. The molecule has 6 nitrogen and oxygen atoms in total. The molecule has 0 aromatic carbocycles. The van der Waals surface area contributed by atoms with E-state index in [1.165, 1.54) is 16.2 Å². The molecule has 1 atom stereocenters. The molecule has 2 rings (SSSR count). The van der Waals surface area contributed by atoms with Crippen molar-refractivity contribution in [2.75, 3.05) is 13.6 Å². The molecule has 1 aromatic rings. The van der Waals surface area contributed by atoms with Crippen molar-refractivity contribution >= 4 is 23.3 Å². The molecule has 2 amide bonds. The van der Waals surface area contributed by atoms with E-state index in [-0.39, 0.29) is 6.54 Å². The van der Waals surface area contributed by atoms with Crippen LogP contribution in [0.15, 0.2) is 17.5 Å². The first-order valence-electron chi connectivity index (χ1n) is 6.91. The number of urea groups is 1. The SMILES string of the molecule is CN(CC1(O)CCCC1)C(=O)NC(C(=O)O)c1cccs1. The lowest BCUT2D eigenvalue weighted by molar-refractivity contribution is -0.139. The van der Waals surface area contributed by atoms with E-state index >= 15 is 0 Å². The third-order valence-corrected chi connectivity index (χ3v) is 4.69. The number of nitrogens with one attached hydrogen (secondary N) is 1. The number of aliphatic hydroxyl groups is 1. The zero-order valence-electron chi connectivity index (χ0n) is 11.9. The zero-order valence-corrected chi connectivity index (χ0v) is 12.7. The maximum atomic E-state index is 12.1. The van der Waals surface area contributed by atoms with Crippen molar-refractivity contribution in [1.82, 2.24) is 10.2 Å². The van der Waals surface area contributed by atoms with Crippen molar-refractivity contribution in [3.8, 4) is 0 Å². The molecule has 0 radical (unpaired) electrons. The number of carbonyl (C=O) groups is 2. The monoisotopic (exact) mass is 312 g/mol. The summed E-state index contributed by atoms with van der Waals surface area (Å²) in [7, 11) is 1.57. The normalized spacial score (nSPS) is 18.2. The third kappa shape index (κ3) is 3.95. The molecule has 1 heterocycles. The van der Waals surface area contributed by atoms with Gasteiger partial charge in [0, 0.05) is 11.9 Å². The number of amides is 2. The number of thiophene rings is 1. The van der Waals surface area contributed by atoms with Gasteiger partial charge < -0.3 is 20.4 Å². The van der Waals surface area contributed by atoms with Gasteiger partial charge >= 0.3 is 12.0 Å². The number of hydrogen-bond donors (Lipinski definition) is 3. The summed E-state index contributed by atoms with van der Waals surface area (Å²) in [6.45, 7) is 0.218. The van der Waals surface area contributed by atoms with Crippen molar-refractivity contribution in [2.45, 2.75) is 37.3 Å². The van der Waals surface area contributed by atoms with Crippen LogP contribution in [0.3, 0.4) is 0 Å². The molecule has 1 aliphatic rings. The van der Waals surface area contributed by atoms with E-state index in [4.69, 9.17) is 0 Å². The van der Waals surface area contributed by atoms with Gasteiger partial charge in [0.05, 0.1) is 12.1 Å². The molecule has 1 saturated carbocycles. The Balaban J connectivity index is 1.97. The second kappa shape index (κ2) is 6.44. The molecular formula is C14H20N2O4S. The van der Waals surface area contributed by atoms with E-state index in [9.17, 15) is 19.8 Å². The number of aliphatic carboxylic acids is 1.